The third-order valence-electron chi connectivity index (χ3n) is 4.65. The predicted molar refractivity (Wildman–Crippen MR) is 81.4 cm³/mol. The van der Waals surface area contributed by atoms with E-state index < -0.39 is 0 Å². The monoisotopic (exact) mass is 303 g/mol. The maximum Gasteiger partial charge on any atom is 0.162 e. The second-order valence-electron chi connectivity index (χ2n) is 6.34. The Morgan fingerprint density at radius 2 is 2.14 bits per heavy atom. The van der Waals surface area contributed by atoms with E-state index in [1.807, 2.05) is 12.1 Å². The summed E-state index contributed by atoms with van der Waals surface area (Å²) >= 11 is 0. The Balaban J connectivity index is 1.57. The van der Waals surface area contributed by atoms with E-state index in [1.165, 1.54) is 12.8 Å². The molecule has 22 heavy (non-hydrogen) atoms. The third-order valence-corrected chi connectivity index (χ3v) is 4.65. The van der Waals surface area contributed by atoms with E-state index in [1.54, 1.807) is 6.07 Å². The Morgan fingerprint density at radius 3 is 2.91 bits per heavy atom. The number of benzene rings is 1. The molecule has 2 fully saturated rings. The van der Waals surface area contributed by atoms with E-state index in [0.717, 1.165) is 37.1 Å². The van der Waals surface area contributed by atoms with Crippen molar-refractivity contribution in [1.29, 1.82) is 0 Å². The quantitative estimate of drug-likeness (QED) is 0.899. The number of hydroxylamine groups is 1. The molecule has 1 spiro atoms. The minimum Gasteiger partial charge on any atom is -0.504 e. The van der Waals surface area contributed by atoms with Gasteiger partial charge in [0.25, 0.3) is 0 Å². The first-order valence-corrected chi connectivity index (χ1v) is 7.99. The minimum atomic E-state index is -0.348. The van der Waals surface area contributed by atoms with E-state index in [-0.39, 0.29) is 17.5 Å². The van der Waals surface area contributed by atoms with Crippen LogP contribution in [0.25, 0.3) is 5.70 Å². The standard InChI is InChI=1S/C17H21NO4/c19-15-6-5-12(9-16(15)21-13-3-1-2-4-13)14-10-17(22-18-14)7-8-20-11-17/h5-6,9-10,13,18-19H,1-4,7-8,11H2. The molecule has 5 nitrogen and oxygen atoms in total. The lowest BCUT2D eigenvalue weighted by molar-refractivity contribution is -0.0373. The molecule has 3 aliphatic rings. The average Bonchev–Trinajstić information content (AvgIpc) is 3.25. The van der Waals surface area contributed by atoms with Crippen molar-refractivity contribution in [2.24, 2.45) is 0 Å². The summed E-state index contributed by atoms with van der Waals surface area (Å²) in [6.07, 6.45) is 7.68. The zero-order valence-corrected chi connectivity index (χ0v) is 12.5. The Bertz CT molecular complexity index is 586. The van der Waals surface area contributed by atoms with Gasteiger partial charge in [0.15, 0.2) is 11.5 Å². The first kappa shape index (κ1) is 13.9. The average molecular weight is 303 g/mol. The SMILES string of the molecule is Oc1ccc(C2=CC3(CCOC3)ON2)cc1OC1CCCC1. The van der Waals surface area contributed by atoms with Crippen molar-refractivity contribution in [2.45, 2.75) is 43.8 Å². The largest absolute Gasteiger partial charge is 0.504 e. The molecule has 1 atom stereocenters. The van der Waals surface area contributed by atoms with Crippen LogP contribution in [0, 0.1) is 0 Å². The number of aromatic hydroxyl groups is 1. The van der Waals surface area contributed by atoms with Crippen LogP contribution in [0.5, 0.6) is 11.5 Å². The molecule has 4 rings (SSSR count). The molecule has 1 unspecified atom stereocenters. The summed E-state index contributed by atoms with van der Waals surface area (Å²) in [5.41, 5.74) is 4.50. The summed E-state index contributed by atoms with van der Waals surface area (Å²) in [5, 5.41) is 10.0. The Kier molecular flexibility index (Phi) is 3.47. The molecule has 1 saturated heterocycles. The van der Waals surface area contributed by atoms with Crippen molar-refractivity contribution in [1.82, 2.24) is 5.48 Å². The molecule has 5 heteroatoms. The van der Waals surface area contributed by atoms with Gasteiger partial charge >= 0.3 is 0 Å². The van der Waals surface area contributed by atoms with Crippen molar-refractivity contribution < 1.29 is 19.4 Å². The van der Waals surface area contributed by atoms with Crippen LogP contribution in [0.3, 0.4) is 0 Å². The van der Waals surface area contributed by atoms with E-state index in [9.17, 15) is 5.11 Å². The summed E-state index contributed by atoms with van der Waals surface area (Å²) in [5.74, 6) is 0.741. The molecule has 2 aliphatic heterocycles. The van der Waals surface area contributed by atoms with Crippen LogP contribution in [0.4, 0.5) is 0 Å². The second-order valence-corrected chi connectivity index (χ2v) is 6.34. The maximum atomic E-state index is 10.0. The Morgan fingerprint density at radius 1 is 1.27 bits per heavy atom. The van der Waals surface area contributed by atoms with Gasteiger partial charge in [0.2, 0.25) is 0 Å². The topological polar surface area (TPSA) is 60.0 Å². The van der Waals surface area contributed by atoms with Crippen LogP contribution in [0.1, 0.15) is 37.7 Å². The highest BCUT2D eigenvalue weighted by Crippen LogP contribution is 2.36. The Labute approximate surface area is 129 Å². The molecule has 1 aliphatic carbocycles. The molecule has 2 heterocycles. The Hall–Kier alpha value is -1.72. The van der Waals surface area contributed by atoms with Crippen molar-refractivity contribution >= 4 is 5.70 Å². The van der Waals surface area contributed by atoms with Gasteiger partial charge in [-0.25, -0.2) is 0 Å². The summed E-state index contributed by atoms with van der Waals surface area (Å²) in [4.78, 5) is 5.70. The van der Waals surface area contributed by atoms with Crippen LogP contribution >= 0.6 is 0 Å². The predicted octanol–water partition coefficient (Wildman–Crippen LogP) is 2.75. The van der Waals surface area contributed by atoms with Crippen LogP contribution in [0.2, 0.25) is 0 Å². The fourth-order valence-electron chi connectivity index (χ4n) is 3.34. The number of hydrogen-bond acceptors (Lipinski definition) is 5. The smallest absolute Gasteiger partial charge is 0.162 e. The van der Waals surface area contributed by atoms with Gasteiger partial charge in [0, 0.05) is 18.6 Å². The lowest BCUT2D eigenvalue weighted by atomic mass is 10.0. The number of hydrogen-bond donors (Lipinski definition) is 2. The summed E-state index contributed by atoms with van der Waals surface area (Å²) in [7, 11) is 0. The molecule has 1 saturated carbocycles. The molecule has 2 N–H and O–H groups in total. The third kappa shape index (κ3) is 2.55. The number of phenols is 1. The normalized spacial score (nSPS) is 28.1. The first-order valence-electron chi connectivity index (χ1n) is 7.99. The molecule has 0 aromatic heterocycles. The van der Waals surface area contributed by atoms with E-state index in [4.69, 9.17) is 14.3 Å². The highest BCUT2D eigenvalue weighted by Gasteiger charge is 2.39. The lowest BCUT2D eigenvalue weighted by Gasteiger charge is -2.16. The van der Waals surface area contributed by atoms with Crippen molar-refractivity contribution in [3.05, 3.63) is 29.8 Å². The lowest BCUT2D eigenvalue weighted by Crippen LogP contribution is -2.29. The van der Waals surface area contributed by atoms with Crippen LogP contribution in [-0.2, 0) is 9.57 Å². The van der Waals surface area contributed by atoms with Crippen LogP contribution in [-0.4, -0.2) is 30.0 Å². The van der Waals surface area contributed by atoms with Gasteiger partial charge < -0.3 is 14.6 Å². The van der Waals surface area contributed by atoms with Crippen molar-refractivity contribution in [3.63, 3.8) is 0 Å². The number of ether oxygens (including phenoxy) is 2. The number of nitrogens with one attached hydrogen (secondary N) is 1. The number of phenolic OH excluding ortho intramolecular Hbond substituents is 1. The van der Waals surface area contributed by atoms with Gasteiger partial charge in [-0.05, 0) is 50.0 Å². The zero-order valence-electron chi connectivity index (χ0n) is 12.5. The molecule has 1 aromatic rings. The highest BCUT2D eigenvalue weighted by atomic mass is 16.7. The molecule has 118 valence electrons. The number of rotatable bonds is 3. The van der Waals surface area contributed by atoms with Gasteiger partial charge in [-0.15, -0.1) is 0 Å². The summed E-state index contributed by atoms with van der Waals surface area (Å²) in [6.45, 7) is 1.30. The van der Waals surface area contributed by atoms with Gasteiger partial charge in [0.05, 0.1) is 18.4 Å². The fraction of sp³-hybridized carbons (Fsp3) is 0.529. The fourth-order valence-corrected chi connectivity index (χ4v) is 3.34. The highest BCUT2D eigenvalue weighted by molar-refractivity contribution is 5.68. The maximum absolute atomic E-state index is 10.0. The molecule has 0 radical (unpaired) electrons. The molecule has 1 aromatic carbocycles. The van der Waals surface area contributed by atoms with E-state index in [2.05, 4.69) is 11.6 Å². The van der Waals surface area contributed by atoms with Crippen LogP contribution in [0.15, 0.2) is 24.3 Å². The second kappa shape index (κ2) is 5.48. The van der Waals surface area contributed by atoms with Crippen LogP contribution < -0.4 is 10.2 Å². The first-order chi connectivity index (χ1) is 10.7. The molecular weight excluding hydrogens is 282 g/mol. The zero-order chi connectivity index (χ0) is 15.0. The summed E-state index contributed by atoms with van der Waals surface area (Å²) in [6, 6.07) is 5.43. The van der Waals surface area contributed by atoms with Gasteiger partial charge in [0.1, 0.15) is 5.60 Å². The minimum absolute atomic E-state index is 0.189. The molecule has 0 amide bonds. The van der Waals surface area contributed by atoms with Gasteiger partial charge in [-0.3, -0.25) is 10.3 Å². The van der Waals surface area contributed by atoms with Crippen molar-refractivity contribution in [2.75, 3.05) is 13.2 Å². The van der Waals surface area contributed by atoms with Gasteiger partial charge in [-0.2, -0.15) is 0 Å². The van der Waals surface area contributed by atoms with Gasteiger partial charge in [-0.1, -0.05) is 0 Å². The molecule has 0 bridgehead atoms. The van der Waals surface area contributed by atoms with E-state index in [0.29, 0.717) is 12.4 Å². The molecular formula is C17H21NO4. The van der Waals surface area contributed by atoms with E-state index >= 15 is 0 Å². The summed E-state index contributed by atoms with van der Waals surface area (Å²) < 4.78 is 11.4. The van der Waals surface area contributed by atoms with Crippen molar-refractivity contribution in [3.8, 4) is 11.5 Å².